The van der Waals surface area contributed by atoms with E-state index >= 15 is 0 Å². The smallest absolute Gasteiger partial charge is 0.313 e. The van der Waals surface area contributed by atoms with Gasteiger partial charge in [0, 0.05) is 0 Å². The fourth-order valence-corrected chi connectivity index (χ4v) is 2.87. The van der Waals surface area contributed by atoms with Crippen molar-refractivity contribution in [2.24, 2.45) is 0 Å². The van der Waals surface area contributed by atoms with Crippen molar-refractivity contribution in [2.45, 2.75) is 5.37 Å². The second kappa shape index (κ2) is 8.57. The summed E-state index contributed by atoms with van der Waals surface area (Å²) in [4.78, 5) is 22.9. The lowest BCUT2D eigenvalue weighted by Gasteiger charge is -2.19. The Hall–Kier alpha value is -2.02. The topological polar surface area (TPSA) is 78.4 Å². The summed E-state index contributed by atoms with van der Waals surface area (Å²) in [5, 5.41) is 8.81. The standard InChI is InChI=1S/C16H15ClN2O3S/c17-13-9-5-4-8-12(13)15(22)18-19-16(23-10-14(20)21)11-6-2-1-3-7-11/h1-9,16,19H,10H2,(H,18,22)(H,20,21)/t16-/m1/s1. The fraction of sp³-hybridized carbons (Fsp3) is 0.125. The number of carbonyl (C=O) groups excluding carboxylic acids is 1. The van der Waals surface area contributed by atoms with Crippen LogP contribution in [0.15, 0.2) is 54.6 Å². The number of carbonyl (C=O) groups is 2. The number of amides is 1. The van der Waals surface area contributed by atoms with Gasteiger partial charge in [-0.1, -0.05) is 54.1 Å². The van der Waals surface area contributed by atoms with E-state index < -0.39 is 11.3 Å². The van der Waals surface area contributed by atoms with Crippen molar-refractivity contribution in [1.82, 2.24) is 10.9 Å². The van der Waals surface area contributed by atoms with Gasteiger partial charge in [0.2, 0.25) is 0 Å². The van der Waals surface area contributed by atoms with Gasteiger partial charge < -0.3 is 5.11 Å². The van der Waals surface area contributed by atoms with Crippen LogP contribution in [0.2, 0.25) is 5.02 Å². The van der Waals surface area contributed by atoms with Crippen LogP contribution in [0.25, 0.3) is 0 Å². The molecule has 23 heavy (non-hydrogen) atoms. The lowest BCUT2D eigenvalue weighted by atomic mass is 10.2. The van der Waals surface area contributed by atoms with Gasteiger partial charge in [0.15, 0.2) is 0 Å². The molecule has 0 radical (unpaired) electrons. The highest BCUT2D eigenvalue weighted by molar-refractivity contribution is 8.00. The second-order valence-corrected chi connectivity index (χ2v) is 6.07. The number of halogens is 1. The number of hydrazine groups is 1. The van der Waals surface area contributed by atoms with Gasteiger partial charge in [0.05, 0.1) is 21.7 Å². The summed E-state index contributed by atoms with van der Waals surface area (Å²) in [7, 11) is 0. The summed E-state index contributed by atoms with van der Waals surface area (Å²) in [6, 6.07) is 16.0. The molecule has 0 aliphatic carbocycles. The van der Waals surface area contributed by atoms with E-state index in [9.17, 15) is 9.59 Å². The molecule has 0 aromatic heterocycles. The number of nitrogens with one attached hydrogen (secondary N) is 2. The molecule has 0 aliphatic rings. The van der Waals surface area contributed by atoms with Crippen molar-refractivity contribution in [3.05, 3.63) is 70.7 Å². The van der Waals surface area contributed by atoms with Gasteiger partial charge >= 0.3 is 5.97 Å². The first-order valence-electron chi connectivity index (χ1n) is 6.76. The largest absolute Gasteiger partial charge is 0.481 e. The number of rotatable bonds is 7. The Kier molecular flexibility index (Phi) is 6.46. The number of carboxylic acid groups (broad SMARTS) is 1. The van der Waals surface area contributed by atoms with E-state index in [2.05, 4.69) is 10.9 Å². The van der Waals surface area contributed by atoms with E-state index in [-0.39, 0.29) is 11.7 Å². The van der Waals surface area contributed by atoms with E-state index in [0.29, 0.717) is 10.6 Å². The Morgan fingerprint density at radius 1 is 1.09 bits per heavy atom. The van der Waals surface area contributed by atoms with Gasteiger partial charge in [0.1, 0.15) is 0 Å². The Morgan fingerprint density at radius 3 is 2.39 bits per heavy atom. The maximum Gasteiger partial charge on any atom is 0.313 e. The zero-order valence-corrected chi connectivity index (χ0v) is 13.6. The van der Waals surface area contributed by atoms with Crippen LogP contribution in [0.3, 0.4) is 0 Å². The SMILES string of the molecule is O=C(O)CS[C@@H](NNC(=O)c1ccccc1Cl)c1ccccc1. The molecule has 2 aromatic rings. The molecule has 5 nitrogen and oxygen atoms in total. The Morgan fingerprint density at radius 2 is 1.74 bits per heavy atom. The number of thioether (sulfide) groups is 1. The van der Waals surface area contributed by atoms with Crippen LogP contribution in [0.4, 0.5) is 0 Å². The van der Waals surface area contributed by atoms with Crippen LogP contribution in [0, 0.1) is 0 Å². The third-order valence-electron chi connectivity index (χ3n) is 2.91. The first kappa shape index (κ1) is 17.3. The first-order chi connectivity index (χ1) is 11.1. The van der Waals surface area contributed by atoms with E-state index in [1.54, 1.807) is 24.3 Å². The van der Waals surface area contributed by atoms with Crippen LogP contribution in [-0.2, 0) is 4.79 Å². The summed E-state index contributed by atoms with van der Waals surface area (Å²) in [5.74, 6) is -1.39. The lowest BCUT2D eigenvalue weighted by Crippen LogP contribution is -2.39. The van der Waals surface area contributed by atoms with Gasteiger partial charge in [-0.15, -0.1) is 11.8 Å². The molecule has 0 saturated carbocycles. The predicted octanol–water partition coefficient (Wildman–Crippen LogP) is 3.09. The van der Waals surface area contributed by atoms with Gasteiger partial charge in [-0.25, -0.2) is 5.43 Å². The average Bonchev–Trinajstić information content (AvgIpc) is 2.55. The third-order valence-corrected chi connectivity index (χ3v) is 4.38. The van der Waals surface area contributed by atoms with E-state index in [1.807, 2.05) is 30.3 Å². The summed E-state index contributed by atoms with van der Waals surface area (Å²) in [6.07, 6.45) is 0. The lowest BCUT2D eigenvalue weighted by molar-refractivity contribution is -0.133. The number of hydrogen-bond acceptors (Lipinski definition) is 4. The van der Waals surface area contributed by atoms with Crippen LogP contribution in [0.5, 0.6) is 0 Å². The molecule has 0 fully saturated rings. The maximum atomic E-state index is 12.2. The Bertz CT molecular complexity index is 682. The number of aliphatic carboxylic acids is 1. The van der Waals surface area contributed by atoms with E-state index in [4.69, 9.17) is 16.7 Å². The fourth-order valence-electron chi connectivity index (χ4n) is 1.85. The molecule has 0 aliphatic heterocycles. The molecule has 3 N–H and O–H groups in total. The molecule has 7 heteroatoms. The highest BCUT2D eigenvalue weighted by Gasteiger charge is 2.16. The summed E-state index contributed by atoms with van der Waals surface area (Å²) in [6.45, 7) is 0. The molecule has 120 valence electrons. The molecule has 2 aromatic carbocycles. The van der Waals surface area contributed by atoms with Gasteiger partial charge in [0.25, 0.3) is 5.91 Å². The minimum atomic E-state index is -0.921. The van der Waals surface area contributed by atoms with Gasteiger partial charge in [-0.2, -0.15) is 0 Å². The Balaban J connectivity index is 2.04. The molecule has 1 atom stereocenters. The molecule has 0 bridgehead atoms. The van der Waals surface area contributed by atoms with Gasteiger partial charge in [-0.3, -0.25) is 15.0 Å². The van der Waals surface area contributed by atoms with Crippen molar-refractivity contribution in [1.29, 1.82) is 0 Å². The normalized spacial score (nSPS) is 11.7. The second-order valence-electron chi connectivity index (χ2n) is 4.57. The van der Waals surface area contributed by atoms with Crippen molar-refractivity contribution in [3.63, 3.8) is 0 Å². The molecule has 0 saturated heterocycles. The van der Waals surface area contributed by atoms with E-state index in [1.165, 1.54) is 11.8 Å². The quantitative estimate of drug-likeness (QED) is 0.528. The van der Waals surface area contributed by atoms with Crippen molar-refractivity contribution >= 4 is 35.2 Å². The first-order valence-corrected chi connectivity index (χ1v) is 8.19. The zero-order chi connectivity index (χ0) is 16.7. The van der Waals surface area contributed by atoms with Crippen molar-refractivity contribution in [3.8, 4) is 0 Å². The summed E-state index contributed by atoms with van der Waals surface area (Å²) >= 11 is 7.15. The van der Waals surface area contributed by atoms with Crippen molar-refractivity contribution < 1.29 is 14.7 Å². The van der Waals surface area contributed by atoms with Crippen LogP contribution in [-0.4, -0.2) is 22.7 Å². The predicted molar refractivity (Wildman–Crippen MR) is 91.3 cm³/mol. The minimum Gasteiger partial charge on any atom is -0.481 e. The van der Waals surface area contributed by atoms with Crippen LogP contribution in [0.1, 0.15) is 21.3 Å². The highest BCUT2D eigenvalue weighted by Crippen LogP contribution is 2.25. The maximum absolute atomic E-state index is 12.2. The highest BCUT2D eigenvalue weighted by atomic mass is 35.5. The van der Waals surface area contributed by atoms with Gasteiger partial charge in [-0.05, 0) is 17.7 Å². The van der Waals surface area contributed by atoms with Crippen LogP contribution >= 0.6 is 23.4 Å². The Labute approximate surface area is 143 Å². The van der Waals surface area contributed by atoms with Crippen LogP contribution < -0.4 is 10.9 Å². The molecule has 1 amide bonds. The molecule has 0 heterocycles. The monoisotopic (exact) mass is 350 g/mol. The van der Waals surface area contributed by atoms with E-state index in [0.717, 1.165) is 5.56 Å². The summed E-state index contributed by atoms with van der Waals surface area (Å²) in [5.41, 5.74) is 6.64. The number of benzene rings is 2. The molecular weight excluding hydrogens is 336 g/mol. The molecule has 0 unspecified atom stereocenters. The third kappa shape index (κ3) is 5.28. The van der Waals surface area contributed by atoms with Crippen molar-refractivity contribution in [2.75, 3.05) is 5.75 Å². The molecule has 0 spiro atoms. The number of carboxylic acids is 1. The molecular formula is C16H15ClN2O3S. The summed E-state index contributed by atoms with van der Waals surface area (Å²) < 4.78 is 0. The zero-order valence-electron chi connectivity index (χ0n) is 12.0. The number of hydrogen-bond donors (Lipinski definition) is 3. The molecule has 2 rings (SSSR count). The minimum absolute atomic E-state index is 0.0888. The average molecular weight is 351 g/mol.